The summed E-state index contributed by atoms with van der Waals surface area (Å²) in [5.74, 6) is 1.00. The van der Waals surface area contributed by atoms with Gasteiger partial charge in [0, 0.05) is 18.2 Å². The van der Waals surface area contributed by atoms with Crippen LogP contribution in [0.1, 0.15) is 12.5 Å². The number of amides is 1. The molecule has 1 aromatic carbocycles. The van der Waals surface area contributed by atoms with Crippen LogP contribution in [0.4, 0.5) is 0 Å². The first-order valence-electron chi connectivity index (χ1n) is 5.83. The predicted molar refractivity (Wildman–Crippen MR) is 71.8 cm³/mol. The Bertz CT molecular complexity index is 446. The highest BCUT2D eigenvalue weighted by Gasteiger charge is 2.03. The normalized spacial score (nSPS) is 10.5. The van der Waals surface area contributed by atoms with Gasteiger partial charge in [-0.1, -0.05) is 0 Å². The maximum Gasteiger partial charge on any atom is 0.266 e. The summed E-state index contributed by atoms with van der Waals surface area (Å²) in [6, 6.07) is 5.31. The van der Waals surface area contributed by atoms with Gasteiger partial charge >= 0.3 is 0 Å². The van der Waals surface area contributed by atoms with E-state index in [0.717, 1.165) is 5.56 Å². The van der Waals surface area contributed by atoms with E-state index in [4.69, 9.17) is 14.2 Å². The lowest BCUT2D eigenvalue weighted by molar-refractivity contribution is -0.125. The van der Waals surface area contributed by atoms with Crippen molar-refractivity contribution in [2.75, 3.05) is 27.4 Å². The summed E-state index contributed by atoms with van der Waals surface area (Å²) < 4.78 is 15.2. The zero-order valence-electron chi connectivity index (χ0n) is 11.3. The molecule has 0 radical (unpaired) electrons. The van der Waals surface area contributed by atoms with Crippen LogP contribution in [0.25, 0.3) is 0 Å². The van der Waals surface area contributed by atoms with Crippen LogP contribution in [0.15, 0.2) is 23.3 Å². The monoisotopic (exact) mass is 266 g/mol. The number of hydrogen-bond acceptors (Lipinski definition) is 5. The van der Waals surface area contributed by atoms with Crippen LogP contribution < -0.4 is 14.9 Å². The number of ether oxygens (including phenoxy) is 3. The Labute approximate surface area is 112 Å². The summed E-state index contributed by atoms with van der Waals surface area (Å²) in [4.78, 5) is 11.2. The van der Waals surface area contributed by atoms with Crippen molar-refractivity contribution < 1.29 is 19.0 Å². The molecule has 19 heavy (non-hydrogen) atoms. The van der Waals surface area contributed by atoms with Gasteiger partial charge in [0.15, 0.2) is 0 Å². The van der Waals surface area contributed by atoms with Gasteiger partial charge in [0.05, 0.1) is 20.4 Å². The van der Waals surface area contributed by atoms with Crippen molar-refractivity contribution >= 4 is 12.1 Å². The standard InChI is InChI=1S/C13H18N2O4/c1-4-19-9-13(16)15-14-8-10-5-6-11(17-2)7-12(10)18-3/h5-8H,4,9H2,1-3H3,(H,15,16)/b14-8+. The topological polar surface area (TPSA) is 69.2 Å². The molecule has 1 amide bonds. The molecular formula is C13H18N2O4. The van der Waals surface area contributed by atoms with Gasteiger partial charge < -0.3 is 14.2 Å². The van der Waals surface area contributed by atoms with Crippen LogP contribution in [0, 0.1) is 0 Å². The van der Waals surface area contributed by atoms with E-state index in [2.05, 4.69) is 10.5 Å². The first-order valence-corrected chi connectivity index (χ1v) is 5.83. The molecule has 0 bridgehead atoms. The minimum atomic E-state index is -0.300. The third kappa shape index (κ3) is 4.97. The minimum absolute atomic E-state index is 0.00636. The molecule has 0 aliphatic heterocycles. The Hall–Kier alpha value is -2.08. The largest absolute Gasteiger partial charge is 0.497 e. The molecule has 0 aromatic heterocycles. The molecule has 0 unspecified atom stereocenters. The first kappa shape index (κ1) is 15.0. The number of nitrogens with zero attached hydrogens (tertiary/aromatic N) is 1. The molecule has 0 heterocycles. The average molecular weight is 266 g/mol. The van der Waals surface area contributed by atoms with E-state index >= 15 is 0 Å². The van der Waals surface area contributed by atoms with Gasteiger partial charge in [-0.25, -0.2) is 5.43 Å². The molecule has 0 aliphatic carbocycles. The molecule has 0 saturated heterocycles. The lowest BCUT2D eigenvalue weighted by atomic mass is 10.2. The van der Waals surface area contributed by atoms with E-state index < -0.39 is 0 Å². The third-order valence-corrected chi connectivity index (χ3v) is 2.27. The number of carbonyl (C=O) groups is 1. The fourth-order valence-corrected chi connectivity index (χ4v) is 1.33. The molecule has 0 atom stereocenters. The Morgan fingerprint density at radius 2 is 2.16 bits per heavy atom. The second-order valence-electron chi connectivity index (χ2n) is 3.54. The highest BCUT2D eigenvalue weighted by Crippen LogP contribution is 2.22. The van der Waals surface area contributed by atoms with Crippen molar-refractivity contribution in [2.24, 2.45) is 5.10 Å². The summed E-state index contributed by atoms with van der Waals surface area (Å²) in [6.45, 7) is 2.30. The van der Waals surface area contributed by atoms with E-state index in [1.807, 2.05) is 6.92 Å². The number of benzene rings is 1. The SMILES string of the molecule is CCOCC(=O)N/N=C/c1ccc(OC)cc1OC. The maximum absolute atomic E-state index is 11.2. The van der Waals surface area contributed by atoms with Crippen LogP contribution in [0.5, 0.6) is 11.5 Å². The Balaban J connectivity index is 2.63. The fraction of sp³-hybridized carbons (Fsp3) is 0.385. The van der Waals surface area contributed by atoms with Gasteiger partial charge in [-0.05, 0) is 19.1 Å². The van der Waals surface area contributed by atoms with Gasteiger partial charge in [-0.15, -0.1) is 0 Å². The molecule has 1 rings (SSSR count). The van der Waals surface area contributed by atoms with E-state index in [1.165, 1.54) is 6.21 Å². The summed E-state index contributed by atoms with van der Waals surface area (Å²) in [7, 11) is 3.14. The molecule has 104 valence electrons. The van der Waals surface area contributed by atoms with Gasteiger partial charge in [0.25, 0.3) is 5.91 Å². The summed E-state index contributed by atoms with van der Waals surface area (Å²) in [5.41, 5.74) is 3.10. The molecule has 0 spiro atoms. The number of hydrogen-bond donors (Lipinski definition) is 1. The van der Waals surface area contributed by atoms with E-state index in [1.54, 1.807) is 32.4 Å². The molecule has 0 fully saturated rings. The Kier molecular flexibility index (Phi) is 6.38. The van der Waals surface area contributed by atoms with E-state index in [0.29, 0.717) is 18.1 Å². The summed E-state index contributed by atoms with van der Waals surface area (Å²) >= 11 is 0. The zero-order chi connectivity index (χ0) is 14.1. The second-order valence-corrected chi connectivity index (χ2v) is 3.54. The quantitative estimate of drug-likeness (QED) is 0.594. The first-order chi connectivity index (χ1) is 9.21. The Morgan fingerprint density at radius 3 is 2.79 bits per heavy atom. The van der Waals surface area contributed by atoms with Crippen molar-refractivity contribution in [3.8, 4) is 11.5 Å². The van der Waals surface area contributed by atoms with Gasteiger partial charge in [0.2, 0.25) is 0 Å². The van der Waals surface area contributed by atoms with Crippen LogP contribution in [-0.2, 0) is 9.53 Å². The lowest BCUT2D eigenvalue weighted by Gasteiger charge is -2.06. The van der Waals surface area contributed by atoms with E-state index in [9.17, 15) is 4.79 Å². The molecule has 0 aliphatic rings. The van der Waals surface area contributed by atoms with Crippen LogP contribution in [0.2, 0.25) is 0 Å². The van der Waals surface area contributed by atoms with Crippen molar-refractivity contribution in [3.63, 3.8) is 0 Å². The second kappa shape index (κ2) is 8.10. The Morgan fingerprint density at radius 1 is 1.37 bits per heavy atom. The predicted octanol–water partition coefficient (Wildman–Crippen LogP) is 1.19. The molecule has 6 nitrogen and oxygen atoms in total. The number of rotatable bonds is 7. The van der Waals surface area contributed by atoms with Crippen molar-refractivity contribution in [3.05, 3.63) is 23.8 Å². The summed E-state index contributed by atoms with van der Waals surface area (Å²) in [6.07, 6.45) is 1.50. The van der Waals surface area contributed by atoms with Gasteiger partial charge in [-0.3, -0.25) is 4.79 Å². The maximum atomic E-state index is 11.2. The van der Waals surface area contributed by atoms with Crippen molar-refractivity contribution in [1.82, 2.24) is 5.43 Å². The fourth-order valence-electron chi connectivity index (χ4n) is 1.33. The molecule has 0 saturated carbocycles. The zero-order valence-corrected chi connectivity index (χ0v) is 11.3. The van der Waals surface area contributed by atoms with Gasteiger partial charge in [0.1, 0.15) is 18.1 Å². The molecular weight excluding hydrogens is 248 g/mol. The van der Waals surface area contributed by atoms with Crippen LogP contribution in [0.3, 0.4) is 0 Å². The van der Waals surface area contributed by atoms with Crippen LogP contribution >= 0.6 is 0 Å². The molecule has 1 N–H and O–H groups in total. The lowest BCUT2D eigenvalue weighted by Crippen LogP contribution is -2.22. The summed E-state index contributed by atoms with van der Waals surface area (Å²) in [5, 5.41) is 3.83. The number of methoxy groups -OCH3 is 2. The highest BCUT2D eigenvalue weighted by molar-refractivity contribution is 5.85. The number of nitrogens with one attached hydrogen (secondary N) is 1. The number of hydrazone groups is 1. The number of carbonyl (C=O) groups excluding carboxylic acids is 1. The third-order valence-electron chi connectivity index (χ3n) is 2.27. The average Bonchev–Trinajstić information content (AvgIpc) is 2.45. The van der Waals surface area contributed by atoms with E-state index in [-0.39, 0.29) is 12.5 Å². The smallest absolute Gasteiger partial charge is 0.266 e. The van der Waals surface area contributed by atoms with Crippen LogP contribution in [-0.4, -0.2) is 39.6 Å². The van der Waals surface area contributed by atoms with Crippen molar-refractivity contribution in [2.45, 2.75) is 6.92 Å². The highest BCUT2D eigenvalue weighted by atomic mass is 16.5. The minimum Gasteiger partial charge on any atom is -0.497 e. The molecule has 1 aromatic rings. The van der Waals surface area contributed by atoms with Gasteiger partial charge in [-0.2, -0.15) is 5.10 Å². The van der Waals surface area contributed by atoms with Crippen molar-refractivity contribution in [1.29, 1.82) is 0 Å². The molecule has 6 heteroatoms.